The van der Waals surface area contributed by atoms with Crippen LogP contribution in [0.15, 0.2) is 52.2 Å². The summed E-state index contributed by atoms with van der Waals surface area (Å²) in [5.41, 5.74) is 0.554. The average molecular weight is 362 g/mol. The summed E-state index contributed by atoms with van der Waals surface area (Å²) in [5.74, 6) is -0.0790. The van der Waals surface area contributed by atoms with Crippen LogP contribution < -0.4 is 5.32 Å². The maximum atomic E-state index is 12.9. The number of likely N-dealkylation sites (tertiary alicyclic amines) is 1. The third kappa shape index (κ3) is 4.85. The van der Waals surface area contributed by atoms with Gasteiger partial charge in [-0.3, -0.25) is 9.59 Å². The summed E-state index contributed by atoms with van der Waals surface area (Å²) >= 11 is 1.38. The molecule has 25 heavy (non-hydrogen) atoms. The molecule has 5 nitrogen and oxygen atoms in total. The van der Waals surface area contributed by atoms with Crippen molar-refractivity contribution >= 4 is 23.6 Å². The van der Waals surface area contributed by atoms with E-state index in [9.17, 15) is 14.0 Å². The minimum Gasteiger partial charge on any atom is -0.472 e. The van der Waals surface area contributed by atoms with Crippen LogP contribution in [0.2, 0.25) is 0 Å². The quantitative estimate of drug-likeness (QED) is 0.831. The van der Waals surface area contributed by atoms with Crippen LogP contribution in [0.5, 0.6) is 0 Å². The first-order chi connectivity index (χ1) is 12.1. The largest absolute Gasteiger partial charge is 0.472 e. The van der Waals surface area contributed by atoms with Crippen LogP contribution in [-0.2, 0) is 4.79 Å². The zero-order chi connectivity index (χ0) is 17.6. The maximum Gasteiger partial charge on any atom is 0.257 e. The molecule has 1 saturated heterocycles. The number of hydrogen-bond donors (Lipinski definition) is 1. The van der Waals surface area contributed by atoms with Crippen molar-refractivity contribution in [2.24, 2.45) is 0 Å². The Labute approximate surface area is 149 Å². The Morgan fingerprint density at radius 1 is 1.20 bits per heavy atom. The molecule has 1 aliphatic heterocycles. The topological polar surface area (TPSA) is 62.6 Å². The normalized spacial score (nSPS) is 15.2. The summed E-state index contributed by atoms with van der Waals surface area (Å²) in [5, 5.41) is 3.00. The van der Waals surface area contributed by atoms with E-state index in [2.05, 4.69) is 5.32 Å². The van der Waals surface area contributed by atoms with Crippen molar-refractivity contribution in [2.45, 2.75) is 23.8 Å². The molecule has 132 valence electrons. The summed E-state index contributed by atoms with van der Waals surface area (Å²) in [4.78, 5) is 26.9. The maximum absolute atomic E-state index is 12.9. The fraction of sp³-hybridized carbons (Fsp3) is 0.333. The van der Waals surface area contributed by atoms with E-state index in [1.165, 1.54) is 36.4 Å². The SMILES string of the molecule is O=C(CSc1ccc(F)cc1)NC1CCN(C(=O)c2ccoc2)CC1. The number of carbonyl (C=O) groups excluding carboxylic acids is 2. The summed E-state index contributed by atoms with van der Waals surface area (Å²) in [6.07, 6.45) is 4.40. The van der Waals surface area contributed by atoms with Crippen LogP contribution in [0.4, 0.5) is 4.39 Å². The monoisotopic (exact) mass is 362 g/mol. The van der Waals surface area contributed by atoms with E-state index in [1.54, 1.807) is 23.1 Å². The molecule has 0 unspecified atom stereocenters. The minimum absolute atomic E-state index is 0.0367. The molecule has 0 bridgehead atoms. The number of furan rings is 1. The minimum atomic E-state index is -0.287. The molecule has 0 radical (unpaired) electrons. The Hall–Kier alpha value is -2.28. The van der Waals surface area contributed by atoms with Gasteiger partial charge >= 0.3 is 0 Å². The van der Waals surface area contributed by atoms with Gasteiger partial charge in [0.1, 0.15) is 12.1 Å². The smallest absolute Gasteiger partial charge is 0.257 e. The van der Waals surface area contributed by atoms with Gasteiger partial charge in [-0.15, -0.1) is 11.8 Å². The highest BCUT2D eigenvalue weighted by atomic mass is 32.2. The van der Waals surface area contributed by atoms with Crippen LogP contribution >= 0.6 is 11.8 Å². The van der Waals surface area contributed by atoms with E-state index in [0.29, 0.717) is 24.4 Å². The lowest BCUT2D eigenvalue weighted by Gasteiger charge is -2.32. The van der Waals surface area contributed by atoms with Gasteiger partial charge in [-0.1, -0.05) is 0 Å². The van der Waals surface area contributed by atoms with Crippen molar-refractivity contribution in [3.05, 3.63) is 54.2 Å². The van der Waals surface area contributed by atoms with Gasteiger partial charge in [-0.05, 0) is 43.2 Å². The molecular weight excluding hydrogens is 343 g/mol. The van der Waals surface area contributed by atoms with E-state index in [1.807, 2.05) is 0 Å². The van der Waals surface area contributed by atoms with Crippen molar-refractivity contribution in [2.75, 3.05) is 18.8 Å². The number of amides is 2. The molecule has 7 heteroatoms. The highest BCUT2D eigenvalue weighted by Gasteiger charge is 2.25. The Balaban J connectivity index is 1.40. The van der Waals surface area contributed by atoms with Gasteiger partial charge < -0.3 is 14.6 Å². The molecule has 2 amide bonds. The van der Waals surface area contributed by atoms with Crippen molar-refractivity contribution < 1.29 is 18.4 Å². The lowest BCUT2D eigenvalue weighted by Crippen LogP contribution is -2.46. The fourth-order valence-electron chi connectivity index (χ4n) is 2.74. The number of hydrogen-bond acceptors (Lipinski definition) is 4. The molecule has 0 spiro atoms. The van der Waals surface area contributed by atoms with Gasteiger partial charge in [0.25, 0.3) is 5.91 Å². The second-order valence-corrected chi connectivity index (χ2v) is 6.94. The zero-order valence-corrected chi connectivity index (χ0v) is 14.4. The molecule has 1 fully saturated rings. The third-order valence-electron chi connectivity index (χ3n) is 4.10. The van der Waals surface area contributed by atoms with Crippen LogP contribution in [0, 0.1) is 5.82 Å². The highest BCUT2D eigenvalue weighted by Crippen LogP contribution is 2.18. The molecule has 1 N–H and O–H groups in total. The van der Waals surface area contributed by atoms with Crippen LogP contribution in [-0.4, -0.2) is 41.6 Å². The lowest BCUT2D eigenvalue weighted by atomic mass is 10.0. The molecule has 0 saturated carbocycles. The van der Waals surface area contributed by atoms with Gasteiger partial charge in [0, 0.05) is 24.0 Å². The predicted octanol–water partition coefficient (Wildman–Crippen LogP) is 2.93. The highest BCUT2D eigenvalue weighted by molar-refractivity contribution is 8.00. The van der Waals surface area contributed by atoms with E-state index >= 15 is 0 Å². The second-order valence-electron chi connectivity index (χ2n) is 5.89. The standard InChI is InChI=1S/C18H19FN2O3S/c19-14-1-3-16(4-2-14)25-12-17(22)20-15-5-8-21(9-6-15)18(23)13-7-10-24-11-13/h1-4,7,10-11,15H,5-6,8-9,12H2,(H,20,22). The van der Waals surface area contributed by atoms with Crippen LogP contribution in [0.1, 0.15) is 23.2 Å². The second kappa shape index (κ2) is 8.20. The first-order valence-electron chi connectivity index (χ1n) is 8.11. The zero-order valence-electron chi connectivity index (χ0n) is 13.6. The Bertz CT molecular complexity index is 710. The number of rotatable bonds is 5. The number of thioether (sulfide) groups is 1. The van der Waals surface area contributed by atoms with E-state index in [0.717, 1.165) is 17.7 Å². The van der Waals surface area contributed by atoms with Crippen molar-refractivity contribution in [3.63, 3.8) is 0 Å². The molecule has 0 atom stereocenters. The molecule has 1 aromatic carbocycles. The molecular formula is C18H19FN2O3S. The van der Waals surface area contributed by atoms with Gasteiger partial charge in [-0.25, -0.2) is 4.39 Å². The average Bonchev–Trinajstić information content (AvgIpc) is 3.16. The first kappa shape index (κ1) is 17.5. The molecule has 2 heterocycles. The van der Waals surface area contributed by atoms with Gasteiger partial charge in [0.15, 0.2) is 0 Å². The molecule has 1 aromatic heterocycles. The Morgan fingerprint density at radius 3 is 2.56 bits per heavy atom. The van der Waals surface area contributed by atoms with Crippen molar-refractivity contribution in [1.29, 1.82) is 0 Å². The van der Waals surface area contributed by atoms with E-state index in [-0.39, 0.29) is 23.7 Å². The molecule has 0 aliphatic carbocycles. The number of carbonyl (C=O) groups is 2. The van der Waals surface area contributed by atoms with Gasteiger partial charge in [0.2, 0.25) is 5.91 Å². The van der Waals surface area contributed by atoms with Crippen molar-refractivity contribution in [3.8, 4) is 0 Å². The number of halogens is 1. The summed E-state index contributed by atoms with van der Waals surface area (Å²) in [6, 6.07) is 7.82. The number of nitrogens with one attached hydrogen (secondary N) is 1. The molecule has 2 aromatic rings. The summed E-state index contributed by atoms with van der Waals surface area (Å²) in [6.45, 7) is 1.22. The van der Waals surface area contributed by atoms with E-state index in [4.69, 9.17) is 4.42 Å². The lowest BCUT2D eigenvalue weighted by molar-refractivity contribution is -0.119. The molecule has 3 rings (SSSR count). The Morgan fingerprint density at radius 2 is 1.92 bits per heavy atom. The van der Waals surface area contributed by atoms with Crippen molar-refractivity contribution in [1.82, 2.24) is 10.2 Å². The van der Waals surface area contributed by atoms with Gasteiger partial charge in [0.05, 0.1) is 17.6 Å². The molecule has 1 aliphatic rings. The fourth-order valence-corrected chi connectivity index (χ4v) is 3.45. The summed E-state index contributed by atoms with van der Waals surface area (Å²) in [7, 11) is 0. The number of nitrogens with zero attached hydrogens (tertiary/aromatic N) is 1. The van der Waals surface area contributed by atoms with Crippen LogP contribution in [0.3, 0.4) is 0 Å². The summed E-state index contributed by atoms with van der Waals surface area (Å²) < 4.78 is 17.8. The predicted molar refractivity (Wildman–Crippen MR) is 92.9 cm³/mol. The Kier molecular flexibility index (Phi) is 5.75. The number of benzene rings is 1. The third-order valence-corrected chi connectivity index (χ3v) is 5.11. The van der Waals surface area contributed by atoms with Crippen LogP contribution in [0.25, 0.3) is 0 Å². The first-order valence-corrected chi connectivity index (χ1v) is 9.09. The van der Waals surface area contributed by atoms with E-state index < -0.39 is 0 Å². The number of piperidine rings is 1. The van der Waals surface area contributed by atoms with Gasteiger partial charge in [-0.2, -0.15) is 0 Å².